The molecule has 0 radical (unpaired) electrons. The Labute approximate surface area is 93.3 Å². The Morgan fingerprint density at radius 2 is 1.75 bits per heavy atom. The molecule has 0 saturated heterocycles. The van der Waals surface area contributed by atoms with E-state index in [9.17, 15) is 9.90 Å². The Hall–Kier alpha value is -2.03. The van der Waals surface area contributed by atoms with E-state index in [-0.39, 0.29) is 11.3 Å². The van der Waals surface area contributed by atoms with Crippen molar-refractivity contribution in [3.8, 4) is 16.9 Å². The maximum atomic E-state index is 10.9. The van der Waals surface area contributed by atoms with Gasteiger partial charge in [0.15, 0.2) is 0 Å². The number of hydrogen-bond acceptors (Lipinski definition) is 2. The average Bonchev–Trinajstić information content (AvgIpc) is 2.65. The van der Waals surface area contributed by atoms with Gasteiger partial charge in [0.05, 0.1) is 5.56 Å². The third-order valence-corrected chi connectivity index (χ3v) is 2.90. The van der Waals surface area contributed by atoms with Crippen molar-refractivity contribution in [3.63, 3.8) is 0 Å². The van der Waals surface area contributed by atoms with Gasteiger partial charge in [-0.15, -0.1) is 0 Å². The predicted molar refractivity (Wildman–Crippen MR) is 61.2 cm³/mol. The molecule has 0 aliphatic heterocycles. The van der Waals surface area contributed by atoms with Crippen LogP contribution in [0.15, 0.2) is 24.3 Å². The standard InChI is InChI=1S/C13H12O3/c1-7-3-4-12(14)11-6-9(13(15)16)5-10(11)8(7)2/h3-6,14H,1-2H3,(H,15,16). The van der Waals surface area contributed by atoms with E-state index in [0.29, 0.717) is 5.56 Å². The summed E-state index contributed by atoms with van der Waals surface area (Å²) in [6, 6.07) is 6.51. The van der Waals surface area contributed by atoms with Crippen molar-refractivity contribution in [3.05, 3.63) is 41.0 Å². The van der Waals surface area contributed by atoms with Crippen molar-refractivity contribution in [2.45, 2.75) is 13.8 Å². The van der Waals surface area contributed by atoms with Crippen LogP contribution in [-0.2, 0) is 0 Å². The van der Waals surface area contributed by atoms with Crippen LogP contribution in [0.3, 0.4) is 0 Å². The second kappa shape index (κ2) is 3.52. The SMILES string of the molecule is Cc1ccc(O)c2cc(C(=O)O)cc-2c1C. The Morgan fingerprint density at radius 1 is 1.12 bits per heavy atom. The van der Waals surface area contributed by atoms with Gasteiger partial charge in [0.2, 0.25) is 0 Å². The lowest BCUT2D eigenvalue weighted by atomic mass is 10.1. The van der Waals surface area contributed by atoms with Crippen molar-refractivity contribution >= 4 is 5.97 Å². The summed E-state index contributed by atoms with van der Waals surface area (Å²) < 4.78 is 0. The van der Waals surface area contributed by atoms with E-state index >= 15 is 0 Å². The molecule has 0 aromatic heterocycles. The first-order chi connectivity index (χ1) is 7.50. The third kappa shape index (κ3) is 1.50. The molecule has 0 amide bonds. The van der Waals surface area contributed by atoms with Crippen LogP contribution < -0.4 is 0 Å². The fourth-order valence-electron chi connectivity index (χ4n) is 1.78. The lowest BCUT2D eigenvalue weighted by Crippen LogP contribution is -1.91. The largest absolute Gasteiger partial charge is 0.507 e. The van der Waals surface area contributed by atoms with E-state index in [1.165, 1.54) is 6.07 Å². The summed E-state index contributed by atoms with van der Waals surface area (Å²) in [4.78, 5) is 10.9. The molecule has 0 unspecified atom stereocenters. The first kappa shape index (κ1) is 10.5. The maximum absolute atomic E-state index is 10.9. The molecule has 2 rings (SSSR count). The van der Waals surface area contributed by atoms with Crippen LogP contribution >= 0.6 is 0 Å². The van der Waals surface area contributed by atoms with Gasteiger partial charge in [-0.05, 0) is 48.7 Å². The van der Waals surface area contributed by atoms with Crippen molar-refractivity contribution in [1.29, 1.82) is 0 Å². The minimum absolute atomic E-state index is 0.110. The summed E-state index contributed by atoms with van der Waals surface area (Å²) in [7, 11) is 0. The molecule has 0 fully saturated rings. The predicted octanol–water partition coefficient (Wildman–Crippen LogP) is 2.81. The lowest BCUT2D eigenvalue weighted by molar-refractivity contribution is 0.0697. The van der Waals surface area contributed by atoms with Gasteiger partial charge in [-0.3, -0.25) is 0 Å². The van der Waals surface area contributed by atoms with Crippen molar-refractivity contribution < 1.29 is 15.0 Å². The number of aryl methyl sites for hydroxylation is 1. The quantitative estimate of drug-likeness (QED) is 0.770. The van der Waals surface area contributed by atoms with E-state index in [1.54, 1.807) is 12.1 Å². The second-order valence-electron chi connectivity index (χ2n) is 3.90. The molecule has 16 heavy (non-hydrogen) atoms. The number of carboxylic acids is 1. The van der Waals surface area contributed by atoms with Crippen LogP contribution in [0.2, 0.25) is 0 Å². The van der Waals surface area contributed by atoms with E-state index in [4.69, 9.17) is 5.11 Å². The van der Waals surface area contributed by atoms with Gasteiger partial charge in [0, 0.05) is 5.56 Å². The van der Waals surface area contributed by atoms with Crippen LogP contribution in [-0.4, -0.2) is 16.2 Å². The molecule has 2 aliphatic rings. The Balaban J connectivity index is 2.83. The maximum Gasteiger partial charge on any atom is 0.335 e. The molecule has 0 bridgehead atoms. The van der Waals surface area contributed by atoms with Gasteiger partial charge in [-0.25, -0.2) is 4.79 Å². The zero-order valence-corrected chi connectivity index (χ0v) is 9.11. The van der Waals surface area contributed by atoms with Crippen molar-refractivity contribution in [2.75, 3.05) is 0 Å². The molecule has 3 nitrogen and oxygen atoms in total. The van der Waals surface area contributed by atoms with Crippen LogP contribution in [0.1, 0.15) is 21.5 Å². The third-order valence-electron chi connectivity index (χ3n) is 2.90. The molecule has 0 spiro atoms. The molecule has 0 aromatic rings. The Morgan fingerprint density at radius 3 is 2.38 bits per heavy atom. The highest BCUT2D eigenvalue weighted by atomic mass is 16.4. The van der Waals surface area contributed by atoms with Gasteiger partial charge >= 0.3 is 5.97 Å². The highest BCUT2D eigenvalue weighted by Gasteiger charge is 2.16. The molecule has 2 aliphatic carbocycles. The molecule has 0 saturated carbocycles. The summed E-state index contributed by atoms with van der Waals surface area (Å²) in [6.07, 6.45) is 0. The van der Waals surface area contributed by atoms with E-state index in [2.05, 4.69) is 0 Å². The molecule has 2 N–H and O–H groups in total. The van der Waals surface area contributed by atoms with Crippen LogP contribution in [0.5, 0.6) is 5.75 Å². The van der Waals surface area contributed by atoms with Crippen LogP contribution in [0, 0.1) is 13.8 Å². The van der Waals surface area contributed by atoms with E-state index in [0.717, 1.165) is 16.7 Å². The molecular formula is C13H12O3. The number of fused-ring (bicyclic) bond motifs is 1. The molecule has 0 aromatic carbocycles. The first-order valence-electron chi connectivity index (χ1n) is 4.97. The van der Waals surface area contributed by atoms with Crippen molar-refractivity contribution in [1.82, 2.24) is 0 Å². The summed E-state index contributed by atoms with van der Waals surface area (Å²) in [6.45, 7) is 3.85. The van der Waals surface area contributed by atoms with Gasteiger partial charge in [0.1, 0.15) is 5.75 Å². The van der Waals surface area contributed by atoms with Crippen LogP contribution in [0.25, 0.3) is 11.1 Å². The average molecular weight is 216 g/mol. The highest BCUT2D eigenvalue weighted by Crippen LogP contribution is 2.36. The summed E-state index contributed by atoms with van der Waals surface area (Å²) >= 11 is 0. The lowest BCUT2D eigenvalue weighted by Gasteiger charge is -1.99. The number of aromatic carboxylic acids is 1. The van der Waals surface area contributed by atoms with E-state index < -0.39 is 5.97 Å². The minimum Gasteiger partial charge on any atom is -0.507 e. The monoisotopic (exact) mass is 216 g/mol. The normalized spacial score (nSPS) is 10.6. The molecule has 3 heteroatoms. The zero-order chi connectivity index (χ0) is 11.9. The summed E-state index contributed by atoms with van der Waals surface area (Å²) in [5.74, 6) is -0.867. The molecule has 0 atom stereocenters. The summed E-state index contributed by atoms with van der Waals surface area (Å²) in [5.41, 5.74) is 3.59. The van der Waals surface area contributed by atoms with E-state index in [1.807, 2.05) is 19.9 Å². The smallest absolute Gasteiger partial charge is 0.335 e. The minimum atomic E-state index is -0.977. The van der Waals surface area contributed by atoms with Gasteiger partial charge in [0.25, 0.3) is 0 Å². The summed E-state index contributed by atoms with van der Waals surface area (Å²) in [5, 5.41) is 18.7. The van der Waals surface area contributed by atoms with Crippen LogP contribution in [0.4, 0.5) is 0 Å². The number of hydrogen-bond donors (Lipinski definition) is 2. The number of carboxylic acid groups (broad SMARTS) is 1. The topological polar surface area (TPSA) is 57.5 Å². The second-order valence-corrected chi connectivity index (χ2v) is 3.90. The fourth-order valence-corrected chi connectivity index (χ4v) is 1.78. The number of carbonyl (C=O) groups is 1. The molecule has 82 valence electrons. The Kier molecular flexibility index (Phi) is 2.31. The Bertz CT molecular complexity index is 544. The van der Waals surface area contributed by atoms with Gasteiger partial charge < -0.3 is 10.2 Å². The fraction of sp³-hybridized carbons (Fsp3) is 0.154. The van der Waals surface area contributed by atoms with Crippen molar-refractivity contribution in [2.24, 2.45) is 0 Å². The number of aromatic hydroxyl groups is 1. The highest BCUT2D eigenvalue weighted by molar-refractivity contribution is 5.94. The zero-order valence-electron chi connectivity index (χ0n) is 9.11. The number of rotatable bonds is 1. The van der Waals surface area contributed by atoms with Gasteiger partial charge in [-0.1, -0.05) is 6.07 Å². The molecule has 0 heterocycles. The first-order valence-corrected chi connectivity index (χ1v) is 4.97. The van der Waals surface area contributed by atoms with Gasteiger partial charge in [-0.2, -0.15) is 0 Å². The molecular weight excluding hydrogens is 204 g/mol.